The lowest BCUT2D eigenvalue weighted by Gasteiger charge is -2.40. The lowest BCUT2D eigenvalue weighted by molar-refractivity contribution is 0.130. The summed E-state index contributed by atoms with van der Waals surface area (Å²) in [4.78, 5) is 2.71. The van der Waals surface area contributed by atoms with E-state index in [2.05, 4.69) is 50.0 Å². The normalized spacial score (nSPS) is 35.0. The fourth-order valence-corrected chi connectivity index (χ4v) is 6.33. The van der Waals surface area contributed by atoms with Gasteiger partial charge in [-0.3, -0.25) is 0 Å². The van der Waals surface area contributed by atoms with Gasteiger partial charge >= 0.3 is 0 Å². The molecule has 4 rings (SSSR count). The minimum absolute atomic E-state index is 0.294. The molecule has 1 saturated carbocycles. The van der Waals surface area contributed by atoms with E-state index in [0.29, 0.717) is 28.4 Å². The average Bonchev–Trinajstić information content (AvgIpc) is 2.84. The lowest BCUT2D eigenvalue weighted by atomic mass is 9.65. The van der Waals surface area contributed by atoms with Gasteiger partial charge in [-0.2, -0.15) is 10.5 Å². The highest BCUT2D eigenvalue weighted by Crippen LogP contribution is 2.54. The van der Waals surface area contributed by atoms with Gasteiger partial charge in [-0.1, -0.05) is 26.8 Å². The number of hydrogen-bond donors (Lipinski definition) is 0. The van der Waals surface area contributed by atoms with Crippen molar-refractivity contribution in [2.24, 2.45) is 16.7 Å². The van der Waals surface area contributed by atoms with E-state index in [0.717, 1.165) is 18.4 Å². The molecule has 3 unspecified atom stereocenters. The number of fused-ring (bicyclic) bond motifs is 3. The van der Waals surface area contributed by atoms with Crippen molar-refractivity contribution in [1.29, 1.82) is 10.5 Å². The smallest absolute Gasteiger partial charge is 0.132 e. The number of nitriles is 2. The minimum atomic E-state index is 0.294. The molecule has 1 heterocycles. The molecule has 3 atom stereocenters. The monoisotopic (exact) mass is 347 g/mol. The Morgan fingerprint density at radius 3 is 2.54 bits per heavy atom. The Hall–Kier alpha value is -2.00. The fraction of sp³-hybridized carbons (Fsp3) is 0.652. The Morgan fingerprint density at radius 1 is 1.08 bits per heavy atom. The third-order valence-corrected chi connectivity index (χ3v) is 6.99. The highest BCUT2D eigenvalue weighted by atomic mass is 15.2. The number of likely N-dealkylation sites (tertiary alicyclic amines) is 1. The van der Waals surface area contributed by atoms with Gasteiger partial charge in [-0.25, -0.2) is 0 Å². The van der Waals surface area contributed by atoms with Crippen LogP contribution in [0, 0.1) is 39.4 Å². The van der Waals surface area contributed by atoms with Crippen LogP contribution < -0.4 is 0 Å². The van der Waals surface area contributed by atoms with Gasteiger partial charge in [-0.05, 0) is 78.9 Å². The molecule has 0 aromatic carbocycles. The van der Waals surface area contributed by atoms with Crippen LogP contribution in [0.15, 0.2) is 34.6 Å². The van der Waals surface area contributed by atoms with E-state index in [1.54, 1.807) is 0 Å². The van der Waals surface area contributed by atoms with Crippen molar-refractivity contribution in [3.05, 3.63) is 34.6 Å². The van der Waals surface area contributed by atoms with Gasteiger partial charge < -0.3 is 4.90 Å². The SMILES string of the molecule is CC1(C)CC2CC(C)(CN2C2=CC3=CC(=C(C#N)C#N)CCC3CC2)C1. The van der Waals surface area contributed by atoms with Gasteiger partial charge in [0.25, 0.3) is 0 Å². The molecular weight excluding hydrogens is 318 g/mol. The molecule has 1 saturated heterocycles. The molecule has 3 nitrogen and oxygen atoms in total. The van der Waals surface area contributed by atoms with Crippen LogP contribution in [0.3, 0.4) is 0 Å². The summed E-state index contributed by atoms with van der Waals surface area (Å²) < 4.78 is 0. The van der Waals surface area contributed by atoms with Crippen LogP contribution in [-0.4, -0.2) is 17.5 Å². The standard InChI is InChI=1S/C23H29N3/c1-22(2)10-21-11-23(3,14-22)15-26(21)20-7-6-16-4-5-17(8-18(16)9-20)19(12-24)13-25/h8-9,16,21H,4-7,10-11,14-15H2,1-3H3. The van der Waals surface area contributed by atoms with E-state index in [9.17, 15) is 10.5 Å². The van der Waals surface area contributed by atoms with Gasteiger partial charge in [0.15, 0.2) is 0 Å². The maximum Gasteiger partial charge on any atom is 0.132 e. The van der Waals surface area contributed by atoms with Crippen molar-refractivity contribution in [1.82, 2.24) is 4.90 Å². The summed E-state index contributed by atoms with van der Waals surface area (Å²) in [5.74, 6) is 0.607. The predicted molar refractivity (Wildman–Crippen MR) is 103 cm³/mol. The van der Waals surface area contributed by atoms with Crippen molar-refractivity contribution in [2.45, 2.75) is 71.8 Å². The molecule has 0 N–H and O–H groups in total. The first-order chi connectivity index (χ1) is 12.3. The molecule has 0 spiro atoms. The molecule has 136 valence electrons. The largest absolute Gasteiger partial charge is 0.371 e. The van der Waals surface area contributed by atoms with Gasteiger partial charge in [0.2, 0.25) is 0 Å². The number of allylic oxidation sites excluding steroid dienone is 6. The van der Waals surface area contributed by atoms with Crippen molar-refractivity contribution in [2.75, 3.05) is 6.54 Å². The average molecular weight is 348 g/mol. The van der Waals surface area contributed by atoms with Gasteiger partial charge in [0.05, 0.1) is 0 Å². The van der Waals surface area contributed by atoms with Gasteiger partial charge in [0, 0.05) is 18.3 Å². The van der Waals surface area contributed by atoms with E-state index < -0.39 is 0 Å². The summed E-state index contributed by atoms with van der Waals surface area (Å²) in [6, 6.07) is 4.82. The molecule has 2 fully saturated rings. The zero-order valence-electron chi connectivity index (χ0n) is 16.3. The van der Waals surface area contributed by atoms with E-state index in [1.807, 2.05) is 0 Å². The Bertz CT molecular complexity index is 782. The molecule has 0 aromatic heterocycles. The van der Waals surface area contributed by atoms with Crippen LogP contribution >= 0.6 is 0 Å². The van der Waals surface area contributed by atoms with Crippen LogP contribution in [-0.2, 0) is 0 Å². The quantitative estimate of drug-likeness (QED) is 0.609. The van der Waals surface area contributed by atoms with Crippen LogP contribution in [0.2, 0.25) is 0 Å². The summed E-state index contributed by atoms with van der Waals surface area (Å²) in [5.41, 5.74) is 4.97. The molecule has 3 aliphatic carbocycles. The van der Waals surface area contributed by atoms with Crippen molar-refractivity contribution >= 4 is 0 Å². The second kappa shape index (κ2) is 6.02. The Balaban J connectivity index is 1.65. The van der Waals surface area contributed by atoms with E-state index in [1.165, 1.54) is 49.9 Å². The number of rotatable bonds is 1. The lowest BCUT2D eigenvalue weighted by Crippen LogP contribution is -2.35. The molecule has 3 heteroatoms. The van der Waals surface area contributed by atoms with Crippen LogP contribution in [0.1, 0.15) is 65.7 Å². The first-order valence-corrected chi connectivity index (χ1v) is 10.0. The maximum absolute atomic E-state index is 9.20. The van der Waals surface area contributed by atoms with E-state index in [-0.39, 0.29) is 0 Å². The van der Waals surface area contributed by atoms with Crippen LogP contribution in [0.4, 0.5) is 0 Å². The van der Waals surface area contributed by atoms with Crippen LogP contribution in [0.25, 0.3) is 0 Å². The predicted octanol–water partition coefficient (Wildman–Crippen LogP) is 5.24. The van der Waals surface area contributed by atoms with Crippen molar-refractivity contribution < 1.29 is 0 Å². The molecule has 2 bridgehead atoms. The molecular formula is C23H29N3. The first-order valence-electron chi connectivity index (χ1n) is 10.0. The van der Waals surface area contributed by atoms with E-state index >= 15 is 0 Å². The molecule has 4 aliphatic rings. The fourth-order valence-electron chi connectivity index (χ4n) is 6.33. The summed E-state index contributed by atoms with van der Waals surface area (Å²) >= 11 is 0. The zero-order valence-corrected chi connectivity index (χ0v) is 16.3. The molecule has 26 heavy (non-hydrogen) atoms. The van der Waals surface area contributed by atoms with Gasteiger partial charge in [0.1, 0.15) is 17.7 Å². The highest BCUT2D eigenvalue weighted by molar-refractivity contribution is 5.49. The molecule has 0 amide bonds. The number of hydrogen-bond acceptors (Lipinski definition) is 3. The summed E-state index contributed by atoms with van der Waals surface area (Å²) in [7, 11) is 0. The zero-order chi connectivity index (χ0) is 18.5. The third-order valence-electron chi connectivity index (χ3n) is 6.99. The second-order valence-corrected chi connectivity index (χ2v) is 10.0. The Morgan fingerprint density at radius 2 is 1.81 bits per heavy atom. The summed E-state index contributed by atoms with van der Waals surface area (Å²) in [6.07, 6.45) is 12.8. The third kappa shape index (κ3) is 2.99. The first kappa shape index (κ1) is 17.4. The summed E-state index contributed by atoms with van der Waals surface area (Å²) in [5, 5.41) is 18.4. The van der Waals surface area contributed by atoms with E-state index in [4.69, 9.17) is 0 Å². The number of nitrogens with zero attached hydrogens (tertiary/aromatic N) is 3. The van der Waals surface area contributed by atoms with Crippen molar-refractivity contribution in [3.63, 3.8) is 0 Å². The molecule has 0 radical (unpaired) electrons. The highest BCUT2D eigenvalue weighted by Gasteiger charge is 2.50. The Kier molecular flexibility index (Phi) is 4.03. The maximum atomic E-state index is 9.20. The molecule has 1 aliphatic heterocycles. The second-order valence-electron chi connectivity index (χ2n) is 10.0. The summed E-state index contributed by atoms with van der Waals surface area (Å²) in [6.45, 7) is 8.52. The Labute approximate surface area is 157 Å². The topological polar surface area (TPSA) is 50.8 Å². The van der Waals surface area contributed by atoms with Crippen molar-refractivity contribution in [3.8, 4) is 12.1 Å². The minimum Gasteiger partial charge on any atom is -0.371 e. The molecule has 0 aromatic rings. The van der Waals surface area contributed by atoms with Crippen LogP contribution in [0.5, 0.6) is 0 Å². The van der Waals surface area contributed by atoms with Gasteiger partial charge in [-0.15, -0.1) is 0 Å².